The van der Waals surface area contributed by atoms with E-state index in [2.05, 4.69) is 243 Å². The summed E-state index contributed by atoms with van der Waals surface area (Å²) in [5.41, 5.74) is 20.2. The van der Waals surface area contributed by atoms with Crippen molar-refractivity contribution < 1.29 is 0 Å². The van der Waals surface area contributed by atoms with Crippen molar-refractivity contribution in [2.24, 2.45) is 0 Å². The van der Waals surface area contributed by atoms with Gasteiger partial charge >= 0.3 is 0 Å². The summed E-state index contributed by atoms with van der Waals surface area (Å²) in [6, 6.07) is 70.1. The minimum atomic E-state index is 0.0809. The Kier molecular flexibility index (Phi) is 10.1. The summed E-state index contributed by atoms with van der Waals surface area (Å²) in [6.07, 6.45) is 9.39. The SMILES string of the molecule is Cc1ccc(-c2c3c(c(-c4ccc(C)c(C)c4)c4cc(N5C(c6ccccc6)=CCC5c5ccccc5)ccc24)=CCC(n2c(-c4ccccc4)ccc2-c2ccccc2)C=3)cc1C. The number of benzene rings is 8. The molecule has 0 spiro atoms. The second kappa shape index (κ2) is 16.4. The molecule has 1 aliphatic heterocycles. The smallest absolute Gasteiger partial charge is 0.0626 e. The van der Waals surface area contributed by atoms with E-state index >= 15 is 0 Å². The summed E-state index contributed by atoms with van der Waals surface area (Å²) in [7, 11) is 0. The lowest BCUT2D eigenvalue weighted by molar-refractivity contribution is 0.666. The number of rotatable bonds is 8. The van der Waals surface area contributed by atoms with Gasteiger partial charge in [0.25, 0.3) is 0 Å². The number of aromatic nitrogens is 1. The first-order valence-corrected chi connectivity index (χ1v) is 22.8. The van der Waals surface area contributed by atoms with Gasteiger partial charge in [-0.15, -0.1) is 0 Å². The molecule has 0 fully saturated rings. The molecule has 1 aliphatic carbocycles. The molecule has 0 bridgehead atoms. The van der Waals surface area contributed by atoms with E-state index in [1.807, 2.05) is 0 Å². The molecule has 0 saturated carbocycles. The molecule has 1 aromatic heterocycles. The molecule has 8 aromatic carbocycles. The first kappa shape index (κ1) is 39.4. The van der Waals surface area contributed by atoms with Gasteiger partial charge in [-0.1, -0.05) is 182 Å². The molecule has 2 heterocycles. The predicted octanol–water partition coefficient (Wildman–Crippen LogP) is 14.7. The van der Waals surface area contributed by atoms with E-state index in [0.29, 0.717) is 0 Å². The van der Waals surface area contributed by atoms with Crippen LogP contribution in [0.5, 0.6) is 0 Å². The summed E-state index contributed by atoms with van der Waals surface area (Å²) in [4.78, 5) is 2.59. The third kappa shape index (κ3) is 6.91. The van der Waals surface area contributed by atoms with Gasteiger partial charge in [0.1, 0.15) is 0 Å². The standard InChI is InChI=1S/C62H52N2/c1-41-25-27-49(37-43(41)3)61-53-31-29-52(64-59(47-21-13-7-14-22-47)35-36-60(64)48-23-15-8-16-24-48)40-56(53)62(50-28-26-42(2)44(4)38-50)54-32-30-51(39-55(54)61)63-57(45-17-9-5-10-18-45)33-34-58(63)46-19-11-6-12-20-46/h5-29,31-35,37-40,51,60H,30,36H2,1-4H3. The highest BCUT2D eigenvalue weighted by atomic mass is 15.2. The van der Waals surface area contributed by atoms with Crippen molar-refractivity contribution in [1.29, 1.82) is 0 Å². The third-order valence-electron chi connectivity index (χ3n) is 13.9. The molecule has 310 valence electrons. The van der Waals surface area contributed by atoms with Crippen LogP contribution in [0, 0.1) is 27.7 Å². The minimum absolute atomic E-state index is 0.0809. The highest BCUT2D eigenvalue weighted by Crippen LogP contribution is 2.45. The average molecular weight is 825 g/mol. The van der Waals surface area contributed by atoms with Gasteiger partial charge in [0.15, 0.2) is 0 Å². The van der Waals surface area contributed by atoms with Crippen molar-refractivity contribution in [3.05, 3.63) is 238 Å². The van der Waals surface area contributed by atoms with Gasteiger partial charge in [-0.05, 0) is 153 Å². The highest BCUT2D eigenvalue weighted by Gasteiger charge is 2.31. The number of nitrogens with zero attached hydrogens (tertiary/aromatic N) is 2. The Morgan fingerprint density at radius 1 is 0.406 bits per heavy atom. The lowest BCUT2D eigenvalue weighted by Crippen LogP contribution is -2.34. The van der Waals surface area contributed by atoms with Gasteiger partial charge in [0.2, 0.25) is 0 Å². The van der Waals surface area contributed by atoms with Crippen LogP contribution in [0.25, 0.3) is 73.4 Å². The maximum atomic E-state index is 2.60. The topological polar surface area (TPSA) is 8.17 Å². The number of hydrogen-bond donors (Lipinski definition) is 0. The largest absolute Gasteiger partial charge is 0.333 e. The van der Waals surface area contributed by atoms with Gasteiger partial charge in [-0.25, -0.2) is 0 Å². The predicted molar refractivity (Wildman–Crippen MR) is 272 cm³/mol. The van der Waals surface area contributed by atoms with Crippen LogP contribution in [0.4, 0.5) is 5.69 Å². The quantitative estimate of drug-likeness (QED) is 0.148. The Balaban J connectivity index is 1.22. The van der Waals surface area contributed by atoms with Crippen LogP contribution in [0.1, 0.15) is 58.3 Å². The van der Waals surface area contributed by atoms with E-state index in [9.17, 15) is 0 Å². The zero-order valence-electron chi connectivity index (χ0n) is 37.1. The fraction of sp³-hybridized carbons (Fsp3) is 0.129. The van der Waals surface area contributed by atoms with Crippen LogP contribution >= 0.6 is 0 Å². The van der Waals surface area contributed by atoms with Gasteiger partial charge in [-0.3, -0.25) is 0 Å². The first-order valence-electron chi connectivity index (χ1n) is 22.8. The minimum Gasteiger partial charge on any atom is -0.333 e. The summed E-state index contributed by atoms with van der Waals surface area (Å²) in [5.74, 6) is 0. The normalized spacial score (nSPS) is 15.7. The van der Waals surface area contributed by atoms with E-state index in [1.165, 1.54) is 111 Å². The molecule has 0 saturated heterocycles. The molecule has 0 N–H and O–H groups in total. The number of fused-ring (bicyclic) bond motifs is 2. The monoisotopic (exact) mass is 824 g/mol. The molecule has 2 atom stereocenters. The molecule has 2 heteroatoms. The van der Waals surface area contributed by atoms with Crippen LogP contribution < -0.4 is 15.3 Å². The lowest BCUT2D eigenvalue weighted by Gasteiger charge is -2.32. The van der Waals surface area contributed by atoms with Crippen molar-refractivity contribution in [3.8, 4) is 44.8 Å². The van der Waals surface area contributed by atoms with Gasteiger partial charge in [-0.2, -0.15) is 0 Å². The van der Waals surface area contributed by atoms with Crippen LogP contribution in [0.15, 0.2) is 194 Å². The van der Waals surface area contributed by atoms with E-state index in [-0.39, 0.29) is 12.1 Å². The van der Waals surface area contributed by atoms with E-state index in [1.54, 1.807) is 0 Å². The summed E-state index contributed by atoms with van der Waals surface area (Å²) in [6.45, 7) is 8.94. The van der Waals surface area contributed by atoms with Gasteiger partial charge in [0.05, 0.1) is 12.1 Å². The Hall–Kier alpha value is -7.42. The van der Waals surface area contributed by atoms with E-state index < -0.39 is 0 Å². The average Bonchev–Trinajstić information content (AvgIpc) is 4.00. The molecule has 64 heavy (non-hydrogen) atoms. The number of hydrogen-bond acceptors (Lipinski definition) is 1. The second-order valence-corrected chi connectivity index (χ2v) is 17.8. The Bertz CT molecular complexity index is 3300. The fourth-order valence-electron chi connectivity index (χ4n) is 10.4. The molecular formula is C62H52N2. The fourth-order valence-corrected chi connectivity index (χ4v) is 10.4. The highest BCUT2D eigenvalue weighted by molar-refractivity contribution is 6.08. The zero-order valence-corrected chi connectivity index (χ0v) is 37.1. The van der Waals surface area contributed by atoms with Crippen LogP contribution in [0.3, 0.4) is 0 Å². The van der Waals surface area contributed by atoms with Gasteiger partial charge < -0.3 is 9.47 Å². The van der Waals surface area contributed by atoms with Crippen molar-refractivity contribution in [3.63, 3.8) is 0 Å². The van der Waals surface area contributed by atoms with E-state index in [4.69, 9.17) is 0 Å². The van der Waals surface area contributed by atoms with Crippen LogP contribution in [-0.2, 0) is 0 Å². The maximum Gasteiger partial charge on any atom is 0.0626 e. The van der Waals surface area contributed by atoms with Crippen molar-refractivity contribution >= 4 is 34.3 Å². The first-order chi connectivity index (χ1) is 31.4. The lowest BCUT2D eigenvalue weighted by atomic mass is 9.84. The Labute approximate surface area is 377 Å². The van der Waals surface area contributed by atoms with E-state index in [0.717, 1.165) is 12.8 Å². The Morgan fingerprint density at radius 3 is 1.50 bits per heavy atom. The molecule has 2 aliphatic rings. The van der Waals surface area contributed by atoms with Gasteiger partial charge in [0, 0.05) is 22.8 Å². The number of anilines is 1. The maximum absolute atomic E-state index is 2.60. The zero-order chi connectivity index (χ0) is 43.3. The number of aryl methyl sites for hydroxylation is 4. The Morgan fingerprint density at radius 2 is 0.938 bits per heavy atom. The molecule has 0 radical (unpaired) electrons. The molecule has 2 unspecified atom stereocenters. The van der Waals surface area contributed by atoms with Crippen molar-refractivity contribution in [1.82, 2.24) is 4.57 Å². The summed E-state index contributed by atoms with van der Waals surface area (Å²) < 4.78 is 2.59. The molecule has 2 nitrogen and oxygen atoms in total. The molecule has 11 rings (SSSR count). The van der Waals surface area contributed by atoms with Crippen LogP contribution in [-0.4, -0.2) is 4.57 Å². The van der Waals surface area contributed by atoms with Crippen LogP contribution in [0.2, 0.25) is 0 Å². The molecular weight excluding hydrogens is 773 g/mol. The third-order valence-corrected chi connectivity index (χ3v) is 13.9. The van der Waals surface area contributed by atoms with Crippen molar-refractivity contribution in [2.45, 2.75) is 52.6 Å². The van der Waals surface area contributed by atoms with Crippen molar-refractivity contribution in [2.75, 3.05) is 4.90 Å². The molecule has 9 aromatic rings. The summed E-state index contributed by atoms with van der Waals surface area (Å²) >= 11 is 0. The second-order valence-electron chi connectivity index (χ2n) is 17.8. The summed E-state index contributed by atoms with van der Waals surface area (Å²) in [5, 5.41) is 5.15. The molecule has 0 amide bonds.